The summed E-state index contributed by atoms with van der Waals surface area (Å²) in [5.41, 5.74) is -0.212. The van der Waals surface area contributed by atoms with E-state index in [-0.39, 0.29) is 5.03 Å². The summed E-state index contributed by atoms with van der Waals surface area (Å²) in [6, 6.07) is 6.48. The largest absolute Gasteiger partial charge is 0.497 e. The number of hydrogen-bond donors (Lipinski definition) is 1. The van der Waals surface area contributed by atoms with E-state index in [1.807, 2.05) is 0 Å². The third-order valence-corrected chi connectivity index (χ3v) is 3.39. The Morgan fingerprint density at radius 2 is 1.95 bits per heavy atom. The molecule has 0 aliphatic carbocycles. The Hall–Kier alpha value is -1.86. The van der Waals surface area contributed by atoms with Crippen molar-refractivity contribution in [1.82, 2.24) is 4.57 Å². The van der Waals surface area contributed by atoms with Crippen molar-refractivity contribution >= 4 is 28.1 Å². The molecule has 0 radical (unpaired) electrons. The molecule has 0 spiro atoms. The van der Waals surface area contributed by atoms with Crippen LogP contribution in [0.3, 0.4) is 0 Å². The van der Waals surface area contributed by atoms with E-state index in [1.54, 1.807) is 39.0 Å². The first-order valence-corrected chi connectivity index (χ1v) is 7.37. The molecule has 1 aromatic heterocycles. The van der Waals surface area contributed by atoms with Crippen LogP contribution in [0.2, 0.25) is 0 Å². The Bertz CT molecular complexity index is 714. The van der Waals surface area contributed by atoms with Crippen LogP contribution in [-0.4, -0.2) is 32.1 Å². The minimum absolute atomic E-state index is 0.0347. The van der Waals surface area contributed by atoms with Gasteiger partial charge in [0, 0.05) is 5.39 Å². The average molecular weight is 311 g/mol. The first-order chi connectivity index (χ1) is 9.73. The molecule has 21 heavy (non-hydrogen) atoms. The smallest absolute Gasteiger partial charge is 0.420 e. The van der Waals surface area contributed by atoms with Gasteiger partial charge in [-0.05, 0) is 45.0 Å². The van der Waals surface area contributed by atoms with Gasteiger partial charge >= 0.3 is 6.09 Å². The van der Waals surface area contributed by atoms with Crippen LogP contribution in [0.4, 0.5) is 4.79 Å². The first kappa shape index (κ1) is 15.5. The second kappa shape index (κ2) is 5.50. The van der Waals surface area contributed by atoms with Gasteiger partial charge in [0.2, 0.25) is 11.1 Å². The number of nitrogens with zero attached hydrogens (tertiary/aromatic N) is 1. The fourth-order valence-electron chi connectivity index (χ4n) is 1.92. The molecule has 0 amide bonds. The number of aromatic nitrogens is 1. The minimum atomic E-state index is -2.31. The SMILES string of the molecule is COc1ccc2c(c1)cc(S(=O)O)n2C(=O)OC(C)(C)C. The molecular formula is C14H17NO5S. The van der Waals surface area contributed by atoms with E-state index in [1.165, 1.54) is 13.2 Å². The summed E-state index contributed by atoms with van der Waals surface area (Å²) in [6.45, 7) is 5.19. The number of fused-ring (bicyclic) bond motifs is 1. The normalized spacial score (nSPS) is 13.2. The Morgan fingerprint density at radius 1 is 1.29 bits per heavy atom. The van der Waals surface area contributed by atoms with Crippen LogP contribution in [0.25, 0.3) is 10.9 Å². The summed E-state index contributed by atoms with van der Waals surface area (Å²) in [7, 11) is 1.52. The summed E-state index contributed by atoms with van der Waals surface area (Å²) >= 11 is -2.31. The van der Waals surface area contributed by atoms with Gasteiger partial charge in [0.15, 0.2) is 0 Å². The highest BCUT2D eigenvalue weighted by molar-refractivity contribution is 7.79. The molecule has 1 heterocycles. The van der Waals surface area contributed by atoms with Gasteiger partial charge in [0.25, 0.3) is 0 Å². The molecule has 1 unspecified atom stereocenters. The minimum Gasteiger partial charge on any atom is -0.497 e. The molecule has 0 saturated carbocycles. The highest BCUT2D eigenvalue weighted by atomic mass is 32.2. The summed E-state index contributed by atoms with van der Waals surface area (Å²) in [5.74, 6) is 0.596. The Balaban J connectivity index is 2.62. The summed E-state index contributed by atoms with van der Waals surface area (Å²) in [6.07, 6.45) is -0.694. The molecule has 2 rings (SSSR count). The van der Waals surface area contributed by atoms with Crippen LogP contribution in [0, 0.1) is 0 Å². The Labute approximate surface area is 124 Å². The maximum Gasteiger partial charge on any atom is 0.420 e. The van der Waals surface area contributed by atoms with Crippen molar-refractivity contribution in [2.24, 2.45) is 0 Å². The van der Waals surface area contributed by atoms with E-state index < -0.39 is 22.8 Å². The zero-order chi connectivity index (χ0) is 15.8. The Kier molecular flexibility index (Phi) is 4.06. The van der Waals surface area contributed by atoms with E-state index >= 15 is 0 Å². The fraction of sp³-hybridized carbons (Fsp3) is 0.357. The van der Waals surface area contributed by atoms with Crippen molar-refractivity contribution in [3.63, 3.8) is 0 Å². The lowest BCUT2D eigenvalue weighted by atomic mass is 10.2. The maximum absolute atomic E-state index is 12.3. The summed E-state index contributed by atoms with van der Waals surface area (Å²) in [5, 5.41) is 0.588. The fourth-order valence-corrected chi connectivity index (χ4v) is 2.48. The quantitative estimate of drug-likeness (QED) is 0.863. The van der Waals surface area contributed by atoms with Crippen molar-refractivity contribution in [3.8, 4) is 5.75 Å². The molecular weight excluding hydrogens is 294 g/mol. The number of carbonyl (C=O) groups is 1. The molecule has 6 nitrogen and oxygen atoms in total. The van der Waals surface area contributed by atoms with Crippen LogP contribution in [-0.2, 0) is 15.8 Å². The lowest BCUT2D eigenvalue weighted by Crippen LogP contribution is -2.28. The molecule has 0 fully saturated rings. The molecule has 0 saturated heterocycles. The standard InChI is InChI=1S/C14H17NO5S/c1-14(2,3)20-13(16)15-11-6-5-10(19-4)7-9(11)8-12(15)21(17)18/h5-8H,1-4H3,(H,17,18). The first-order valence-electron chi connectivity index (χ1n) is 6.26. The van der Waals surface area contributed by atoms with E-state index in [9.17, 15) is 13.6 Å². The molecule has 1 N–H and O–H groups in total. The zero-order valence-corrected chi connectivity index (χ0v) is 13.1. The van der Waals surface area contributed by atoms with E-state index in [0.717, 1.165) is 4.57 Å². The van der Waals surface area contributed by atoms with Crippen molar-refractivity contribution in [2.45, 2.75) is 31.4 Å². The predicted molar refractivity (Wildman–Crippen MR) is 79.2 cm³/mol. The summed E-state index contributed by atoms with van der Waals surface area (Å²) < 4.78 is 32.4. The number of benzene rings is 1. The van der Waals surface area contributed by atoms with Crippen LogP contribution in [0.1, 0.15) is 20.8 Å². The van der Waals surface area contributed by atoms with Crippen molar-refractivity contribution in [1.29, 1.82) is 0 Å². The molecule has 2 aromatic rings. The lowest BCUT2D eigenvalue weighted by molar-refractivity contribution is 0.0530. The molecule has 1 aromatic carbocycles. The molecule has 7 heteroatoms. The van der Waals surface area contributed by atoms with Crippen molar-refractivity contribution in [3.05, 3.63) is 24.3 Å². The van der Waals surface area contributed by atoms with Crippen molar-refractivity contribution in [2.75, 3.05) is 7.11 Å². The van der Waals surface area contributed by atoms with Gasteiger partial charge < -0.3 is 14.0 Å². The van der Waals surface area contributed by atoms with E-state index in [0.29, 0.717) is 16.7 Å². The van der Waals surface area contributed by atoms with E-state index in [2.05, 4.69) is 0 Å². The number of carbonyl (C=O) groups excluding carboxylic acids is 1. The number of rotatable bonds is 2. The van der Waals surface area contributed by atoms with Gasteiger partial charge in [-0.25, -0.2) is 13.6 Å². The third kappa shape index (κ3) is 3.25. The average Bonchev–Trinajstić information content (AvgIpc) is 2.74. The third-order valence-electron chi connectivity index (χ3n) is 2.73. The monoisotopic (exact) mass is 311 g/mol. The molecule has 1 atom stereocenters. The summed E-state index contributed by atoms with van der Waals surface area (Å²) in [4.78, 5) is 12.3. The second-order valence-electron chi connectivity index (χ2n) is 5.47. The lowest BCUT2D eigenvalue weighted by Gasteiger charge is -2.20. The maximum atomic E-state index is 12.3. The van der Waals surface area contributed by atoms with Crippen LogP contribution in [0.15, 0.2) is 29.3 Å². The van der Waals surface area contributed by atoms with Gasteiger partial charge in [0.1, 0.15) is 16.4 Å². The number of ether oxygens (including phenoxy) is 2. The van der Waals surface area contributed by atoms with Crippen LogP contribution < -0.4 is 4.74 Å². The van der Waals surface area contributed by atoms with Crippen LogP contribution in [0.5, 0.6) is 5.75 Å². The van der Waals surface area contributed by atoms with Gasteiger partial charge in [-0.2, -0.15) is 0 Å². The molecule has 0 aliphatic rings. The molecule has 0 aliphatic heterocycles. The van der Waals surface area contributed by atoms with Crippen molar-refractivity contribution < 1.29 is 23.0 Å². The van der Waals surface area contributed by atoms with Gasteiger partial charge in [-0.3, -0.25) is 0 Å². The van der Waals surface area contributed by atoms with Gasteiger partial charge in [0.05, 0.1) is 12.6 Å². The van der Waals surface area contributed by atoms with Gasteiger partial charge in [-0.15, -0.1) is 0 Å². The highest BCUT2D eigenvalue weighted by Gasteiger charge is 2.24. The molecule has 0 bridgehead atoms. The Morgan fingerprint density at radius 3 is 2.48 bits per heavy atom. The predicted octanol–water partition coefficient (Wildman–Crippen LogP) is 3.01. The van der Waals surface area contributed by atoms with Gasteiger partial charge in [-0.1, -0.05) is 0 Å². The highest BCUT2D eigenvalue weighted by Crippen LogP contribution is 2.27. The topological polar surface area (TPSA) is 77.8 Å². The van der Waals surface area contributed by atoms with E-state index in [4.69, 9.17) is 9.47 Å². The van der Waals surface area contributed by atoms with Crippen LogP contribution >= 0.6 is 0 Å². The second-order valence-corrected chi connectivity index (χ2v) is 6.39. The number of hydrogen-bond acceptors (Lipinski definition) is 4. The zero-order valence-electron chi connectivity index (χ0n) is 12.2. The number of methoxy groups -OCH3 is 1. The molecule has 114 valence electrons.